The summed E-state index contributed by atoms with van der Waals surface area (Å²) in [6, 6.07) is 9.40. The molecule has 1 fully saturated rings. The number of carbonyl (C=O) groups is 1. The molecule has 1 amide bonds. The van der Waals surface area contributed by atoms with Crippen LogP contribution < -0.4 is 10.1 Å². The van der Waals surface area contributed by atoms with Crippen molar-refractivity contribution >= 4 is 17.5 Å². The molecule has 1 aliphatic rings. The molecule has 1 aliphatic heterocycles. The van der Waals surface area contributed by atoms with E-state index >= 15 is 0 Å². The topological polar surface area (TPSA) is 67.4 Å². The molecule has 0 atom stereocenters. The fourth-order valence-electron chi connectivity index (χ4n) is 3.19. The number of likely N-dealkylation sites (tertiary alicyclic amines) is 1. The van der Waals surface area contributed by atoms with Gasteiger partial charge in [-0.1, -0.05) is 12.8 Å². The van der Waals surface area contributed by atoms with E-state index in [0.717, 1.165) is 43.1 Å². The number of nitrogens with zero attached hydrogens (tertiary/aromatic N) is 3. The van der Waals surface area contributed by atoms with Crippen molar-refractivity contribution in [3.63, 3.8) is 0 Å². The molecule has 1 saturated heterocycles. The molecule has 0 aliphatic carbocycles. The lowest BCUT2D eigenvalue weighted by molar-refractivity contribution is 0.0755. The van der Waals surface area contributed by atoms with Crippen molar-refractivity contribution in [2.45, 2.75) is 52.6 Å². The van der Waals surface area contributed by atoms with Crippen LogP contribution in [0.25, 0.3) is 0 Å². The molecule has 2 heterocycles. The zero-order valence-corrected chi connectivity index (χ0v) is 16.4. The molecule has 0 unspecified atom stereocenters. The van der Waals surface area contributed by atoms with Gasteiger partial charge < -0.3 is 15.0 Å². The summed E-state index contributed by atoms with van der Waals surface area (Å²) in [6.07, 6.45) is 4.64. The molecule has 6 heteroatoms. The maximum atomic E-state index is 12.8. The van der Waals surface area contributed by atoms with Crippen molar-refractivity contribution in [1.29, 1.82) is 0 Å². The fourth-order valence-corrected chi connectivity index (χ4v) is 3.19. The first-order valence-corrected chi connectivity index (χ1v) is 9.70. The van der Waals surface area contributed by atoms with Gasteiger partial charge in [0, 0.05) is 24.5 Å². The molecule has 0 spiro atoms. The predicted octanol–water partition coefficient (Wildman–Crippen LogP) is 4.33. The third-order valence-electron chi connectivity index (χ3n) is 4.45. The largest absolute Gasteiger partial charge is 0.491 e. The second-order valence-corrected chi connectivity index (χ2v) is 7.24. The summed E-state index contributed by atoms with van der Waals surface area (Å²) in [5.41, 5.74) is 2.07. The Morgan fingerprint density at radius 3 is 2.37 bits per heavy atom. The molecule has 2 aromatic rings. The molecule has 0 bridgehead atoms. The average molecular weight is 368 g/mol. The highest BCUT2D eigenvalue weighted by atomic mass is 16.5. The number of aromatic nitrogens is 2. The van der Waals surface area contributed by atoms with Crippen LogP contribution in [0.15, 0.2) is 30.3 Å². The molecule has 0 saturated carbocycles. The first kappa shape index (κ1) is 19.1. The van der Waals surface area contributed by atoms with Gasteiger partial charge in [-0.2, -0.15) is 0 Å². The van der Waals surface area contributed by atoms with Crippen LogP contribution in [0, 0.1) is 6.92 Å². The van der Waals surface area contributed by atoms with Gasteiger partial charge in [-0.3, -0.25) is 4.79 Å². The minimum atomic E-state index is -0.00821. The van der Waals surface area contributed by atoms with Crippen LogP contribution in [0.3, 0.4) is 0 Å². The average Bonchev–Trinajstić information content (AvgIpc) is 2.91. The lowest BCUT2D eigenvalue weighted by Crippen LogP contribution is -2.32. The number of aryl methyl sites for hydroxylation is 1. The van der Waals surface area contributed by atoms with E-state index in [-0.39, 0.29) is 12.0 Å². The number of ether oxygens (including phenoxy) is 1. The van der Waals surface area contributed by atoms with Gasteiger partial charge in [-0.05, 0) is 63.9 Å². The van der Waals surface area contributed by atoms with Crippen LogP contribution in [0.4, 0.5) is 11.6 Å². The van der Waals surface area contributed by atoms with Gasteiger partial charge in [-0.15, -0.1) is 0 Å². The van der Waals surface area contributed by atoms with E-state index in [2.05, 4.69) is 15.3 Å². The first-order chi connectivity index (χ1) is 13.0. The molecule has 1 aromatic heterocycles. The third kappa shape index (κ3) is 5.42. The monoisotopic (exact) mass is 368 g/mol. The number of amides is 1. The van der Waals surface area contributed by atoms with Crippen LogP contribution >= 0.6 is 0 Å². The van der Waals surface area contributed by atoms with Gasteiger partial charge in [0.15, 0.2) is 0 Å². The fraction of sp³-hybridized carbons (Fsp3) is 0.476. The maximum absolute atomic E-state index is 12.8. The number of anilines is 2. The van der Waals surface area contributed by atoms with Crippen molar-refractivity contribution in [2.24, 2.45) is 0 Å². The Hall–Kier alpha value is -2.63. The zero-order valence-electron chi connectivity index (χ0n) is 16.4. The van der Waals surface area contributed by atoms with E-state index < -0.39 is 0 Å². The van der Waals surface area contributed by atoms with E-state index in [1.807, 2.05) is 49.9 Å². The Balaban J connectivity index is 1.73. The van der Waals surface area contributed by atoms with Gasteiger partial charge in [0.25, 0.3) is 5.91 Å². The van der Waals surface area contributed by atoms with Crippen LogP contribution in [0.5, 0.6) is 5.75 Å². The van der Waals surface area contributed by atoms with Crippen LogP contribution in [0.2, 0.25) is 0 Å². The van der Waals surface area contributed by atoms with Crippen LogP contribution in [0.1, 0.15) is 55.7 Å². The number of nitrogens with one attached hydrogen (secondary N) is 1. The molecule has 0 radical (unpaired) electrons. The number of benzene rings is 1. The van der Waals surface area contributed by atoms with Gasteiger partial charge in [0.1, 0.15) is 11.4 Å². The summed E-state index contributed by atoms with van der Waals surface area (Å²) >= 11 is 0. The van der Waals surface area contributed by atoms with Gasteiger partial charge in [0.05, 0.1) is 6.10 Å². The van der Waals surface area contributed by atoms with Gasteiger partial charge >= 0.3 is 0 Å². The molecular weight excluding hydrogens is 340 g/mol. The van der Waals surface area contributed by atoms with Crippen LogP contribution in [-0.4, -0.2) is 40.0 Å². The van der Waals surface area contributed by atoms with Crippen molar-refractivity contribution in [1.82, 2.24) is 14.9 Å². The Labute approximate surface area is 161 Å². The number of carbonyl (C=O) groups excluding carboxylic acids is 1. The zero-order chi connectivity index (χ0) is 19.2. The highest BCUT2D eigenvalue weighted by Gasteiger charge is 2.19. The van der Waals surface area contributed by atoms with E-state index in [4.69, 9.17) is 4.74 Å². The Bertz CT molecular complexity index is 766. The summed E-state index contributed by atoms with van der Waals surface area (Å²) in [7, 11) is 0. The minimum absolute atomic E-state index is 0.00821. The van der Waals surface area contributed by atoms with Gasteiger partial charge in [-0.25, -0.2) is 9.97 Å². The summed E-state index contributed by atoms with van der Waals surface area (Å²) in [5, 5.41) is 3.19. The maximum Gasteiger partial charge on any atom is 0.272 e. The van der Waals surface area contributed by atoms with Crippen molar-refractivity contribution in [2.75, 3.05) is 18.4 Å². The predicted molar refractivity (Wildman–Crippen MR) is 107 cm³/mol. The quantitative estimate of drug-likeness (QED) is 0.851. The molecule has 1 N–H and O–H groups in total. The number of hydrogen-bond donors (Lipinski definition) is 1. The van der Waals surface area contributed by atoms with Crippen molar-refractivity contribution in [3.8, 4) is 5.75 Å². The van der Waals surface area contributed by atoms with E-state index in [9.17, 15) is 4.79 Å². The third-order valence-corrected chi connectivity index (χ3v) is 4.45. The number of hydrogen-bond acceptors (Lipinski definition) is 5. The standard InChI is InChI=1S/C21H28N4O2/c1-15(2)27-18-10-8-17(9-11-18)23-21-22-16(3)14-19(24-21)20(26)25-12-6-4-5-7-13-25/h8-11,14-15H,4-7,12-13H2,1-3H3,(H,22,23,24). The lowest BCUT2D eigenvalue weighted by atomic mass is 10.2. The summed E-state index contributed by atoms with van der Waals surface area (Å²) < 4.78 is 5.66. The lowest BCUT2D eigenvalue weighted by Gasteiger charge is -2.20. The van der Waals surface area contributed by atoms with E-state index in [1.54, 1.807) is 6.07 Å². The minimum Gasteiger partial charge on any atom is -0.491 e. The second-order valence-electron chi connectivity index (χ2n) is 7.24. The van der Waals surface area contributed by atoms with Crippen molar-refractivity contribution < 1.29 is 9.53 Å². The molecular formula is C21H28N4O2. The molecule has 1 aromatic carbocycles. The second kappa shape index (κ2) is 8.84. The number of rotatable bonds is 5. The van der Waals surface area contributed by atoms with Crippen LogP contribution in [-0.2, 0) is 0 Å². The van der Waals surface area contributed by atoms with Crippen molar-refractivity contribution in [3.05, 3.63) is 41.7 Å². The Morgan fingerprint density at radius 2 is 1.74 bits per heavy atom. The van der Waals surface area contributed by atoms with E-state index in [0.29, 0.717) is 11.6 Å². The smallest absolute Gasteiger partial charge is 0.272 e. The highest BCUT2D eigenvalue weighted by Crippen LogP contribution is 2.20. The summed E-state index contributed by atoms with van der Waals surface area (Å²) in [4.78, 5) is 23.6. The molecule has 144 valence electrons. The highest BCUT2D eigenvalue weighted by molar-refractivity contribution is 5.92. The summed E-state index contributed by atoms with van der Waals surface area (Å²) in [5.74, 6) is 1.24. The Morgan fingerprint density at radius 1 is 1.07 bits per heavy atom. The SMILES string of the molecule is Cc1cc(C(=O)N2CCCCCC2)nc(Nc2ccc(OC(C)C)cc2)n1. The molecule has 3 rings (SSSR count). The first-order valence-electron chi connectivity index (χ1n) is 9.70. The molecule has 27 heavy (non-hydrogen) atoms. The van der Waals surface area contributed by atoms with Gasteiger partial charge in [0.2, 0.25) is 5.95 Å². The molecule has 6 nitrogen and oxygen atoms in total. The summed E-state index contributed by atoms with van der Waals surface area (Å²) in [6.45, 7) is 7.49. The Kier molecular flexibility index (Phi) is 6.27. The van der Waals surface area contributed by atoms with E-state index in [1.165, 1.54) is 12.8 Å². The normalized spacial score (nSPS) is 14.7.